The van der Waals surface area contributed by atoms with E-state index in [1.165, 1.54) is 25.5 Å². The maximum Gasteiger partial charge on any atom is 0.337 e. The number of esters is 1. The first-order valence-electron chi connectivity index (χ1n) is 8.47. The summed E-state index contributed by atoms with van der Waals surface area (Å²) in [5.41, 5.74) is 2.77. The predicted molar refractivity (Wildman–Crippen MR) is 96.7 cm³/mol. The molecule has 1 heterocycles. The lowest BCUT2D eigenvalue weighted by Crippen LogP contribution is -2.18. The summed E-state index contributed by atoms with van der Waals surface area (Å²) in [6.45, 7) is 3.24. The number of likely N-dealkylation sites (tertiary alicyclic amines) is 1. The first-order valence-corrected chi connectivity index (χ1v) is 8.47. The molecule has 2 aromatic carbocycles. The minimum atomic E-state index is -0.428. The van der Waals surface area contributed by atoms with Gasteiger partial charge in [-0.15, -0.1) is 0 Å². The zero-order valence-corrected chi connectivity index (χ0v) is 14.3. The molecule has 1 aliphatic heterocycles. The lowest BCUT2D eigenvalue weighted by Gasteiger charge is -2.14. The van der Waals surface area contributed by atoms with Crippen LogP contribution in [-0.4, -0.2) is 37.0 Å². The number of rotatable bonds is 5. The van der Waals surface area contributed by atoms with Crippen LogP contribution < -0.4 is 5.32 Å². The van der Waals surface area contributed by atoms with Gasteiger partial charge in [0, 0.05) is 17.8 Å². The summed E-state index contributed by atoms with van der Waals surface area (Å²) in [7, 11) is 1.33. The van der Waals surface area contributed by atoms with Gasteiger partial charge < -0.3 is 10.1 Å². The van der Waals surface area contributed by atoms with Gasteiger partial charge in [0.25, 0.3) is 5.91 Å². The summed E-state index contributed by atoms with van der Waals surface area (Å²) >= 11 is 0. The van der Waals surface area contributed by atoms with Crippen molar-refractivity contribution in [1.82, 2.24) is 4.90 Å². The van der Waals surface area contributed by atoms with E-state index in [1.807, 2.05) is 24.3 Å². The van der Waals surface area contributed by atoms with Crippen molar-refractivity contribution in [3.63, 3.8) is 0 Å². The molecule has 1 fully saturated rings. The molecule has 0 radical (unpaired) electrons. The molecule has 25 heavy (non-hydrogen) atoms. The van der Waals surface area contributed by atoms with Crippen molar-refractivity contribution in [2.75, 3.05) is 25.5 Å². The van der Waals surface area contributed by atoms with E-state index >= 15 is 0 Å². The number of anilines is 1. The highest BCUT2D eigenvalue weighted by Crippen LogP contribution is 2.16. The number of ether oxygens (including phenoxy) is 1. The molecule has 1 saturated heterocycles. The minimum absolute atomic E-state index is 0.199. The molecule has 0 atom stereocenters. The number of benzene rings is 2. The van der Waals surface area contributed by atoms with Crippen molar-refractivity contribution < 1.29 is 14.3 Å². The standard InChI is InChI=1S/C20H22N2O3/c1-25-20(24)17-5-4-6-18(13-17)21-19(23)16-9-7-15(8-10-16)14-22-11-2-3-12-22/h4-10,13H,2-3,11-12,14H2,1H3,(H,21,23). The van der Waals surface area contributed by atoms with Gasteiger partial charge in [-0.1, -0.05) is 18.2 Å². The Morgan fingerprint density at radius 3 is 2.44 bits per heavy atom. The van der Waals surface area contributed by atoms with Gasteiger partial charge in [0.15, 0.2) is 0 Å². The first kappa shape index (κ1) is 17.2. The van der Waals surface area contributed by atoms with E-state index in [0.717, 1.165) is 19.6 Å². The second kappa shape index (κ2) is 7.94. The van der Waals surface area contributed by atoms with E-state index in [-0.39, 0.29) is 5.91 Å². The Morgan fingerprint density at radius 1 is 1.04 bits per heavy atom. The summed E-state index contributed by atoms with van der Waals surface area (Å²) in [6, 6.07) is 14.4. The fraction of sp³-hybridized carbons (Fsp3) is 0.300. The molecule has 5 nitrogen and oxygen atoms in total. The molecular formula is C20H22N2O3. The average molecular weight is 338 g/mol. The Balaban J connectivity index is 1.63. The Kier molecular flexibility index (Phi) is 5.46. The second-order valence-corrected chi connectivity index (χ2v) is 6.21. The topological polar surface area (TPSA) is 58.6 Å². The zero-order chi connectivity index (χ0) is 17.6. The molecule has 0 saturated carbocycles. The molecule has 130 valence electrons. The molecule has 0 aromatic heterocycles. The van der Waals surface area contributed by atoms with Gasteiger partial charge >= 0.3 is 5.97 Å². The minimum Gasteiger partial charge on any atom is -0.465 e. The van der Waals surface area contributed by atoms with Crippen molar-refractivity contribution in [3.8, 4) is 0 Å². The van der Waals surface area contributed by atoms with Gasteiger partial charge in [-0.2, -0.15) is 0 Å². The Bertz CT molecular complexity index is 750. The van der Waals surface area contributed by atoms with Crippen LogP contribution in [0, 0.1) is 0 Å². The van der Waals surface area contributed by atoms with Crippen LogP contribution >= 0.6 is 0 Å². The average Bonchev–Trinajstić information content (AvgIpc) is 3.15. The smallest absolute Gasteiger partial charge is 0.337 e. The van der Waals surface area contributed by atoms with Crippen LogP contribution in [0.2, 0.25) is 0 Å². The van der Waals surface area contributed by atoms with Crippen LogP contribution in [0.25, 0.3) is 0 Å². The van der Waals surface area contributed by atoms with Gasteiger partial charge in [0.2, 0.25) is 0 Å². The summed E-state index contributed by atoms with van der Waals surface area (Å²) in [6.07, 6.45) is 2.54. The molecule has 1 N–H and O–H groups in total. The Hall–Kier alpha value is -2.66. The van der Waals surface area contributed by atoms with E-state index < -0.39 is 5.97 Å². The van der Waals surface area contributed by atoms with Crippen molar-refractivity contribution in [1.29, 1.82) is 0 Å². The predicted octanol–water partition coefficient (Wildman–Crippen LogP) is 3.32. The van der Waals surface area contributed by atoms with E-state index in [0.29, 0.717) is 16.8 Å². The van der Waals surface area contributed by atoms with Crippen molar-refractivity contribution in [2.24, 2.45) is 0 Å². The van der Waals surface area contributed by atoms with E-state index in [2.05, 4.69) is 10.2 Å². The van der Waals surface area contributed by atoms with Crippen LogP contribution in [0.5, 0.6) is 0 Å². The molecular weight excluding hydrogens is 316 g/mol. The molecule has 1 amide bonds. The van der Waals surface area contributed by atoms with Crippen LogP contribution in [0.4, 0.5) is 5.69 Å². The number of nitrogens with one attached hydrogen (secondary N) is 1. The van der Waals surface area contributed by atoms with Gasteiger partial charge in [-0.05, 0) is 61.8 Å². The highest BCUT2D eigenvalue weighted by atomic mass is 16.5. The van der Waals surface area contributed by atoms with E-state index in [1.54, 1.807) is 24.3 Å². The normalized spacial score (nSPS) is 14.3. The maximum atomic E-state index is 12.4. The molecule has 5 heteroatoms. The van der Waals surface area contributed by atoms with E-state index in [4.69, 9.17) is 4.74 Å². The van der Waals surface area contributed by atoms with Crippen molar-refractivity contribution in [3.05, 3.63) is 65.2 Å². The summed E-state index contributed by atoms with van der Waals surface area (Å²) < 4.78 is 4.69. The molecule has 0 aliphatic carbocycles. The quantitative estimate of drug-likeness (QED) is 0.850. The molecule has 2 aromatic rings. The summed E-state index contributed by atoms with van der Waals surface area (Å²) in [5.74, 6) is -0.628. The number of hydrogen-bond donors (Lipinski definition) is 1. The van der Waals surface area contributed by atoms with Crippen LogP contribution in [0.1, 0.15) is 39.1 Å². The maximum absolute atomic E-state index is 12.4. The van der Waals surface area contributed by atoms with Crippen LogP contribution in [0.3, 0.4) is 0 Å². The summed E-state index contributed by atoms with van der Waals surface area (Å²) in [5, 5.41) is 2.81. The lowest BCUT2D eigenvalue weighted by atomic mass is 10.1. The SMILES string of the molecule is COC(=O)c1cccc(NC(=O)c2ccc(CN3CCCC3)cc2)c1. The van der Waals surface area contributed by atoms with Crippen LogP contribution in [0.15, 0.2) is 48.5 Å². The lowest BCUT2D eigenvalue weighted by molar-refractivity contribution is 0.0600. The molecule has 0 spiro atoms. The van der Waals surface area contributed by atoms with Crippen molar-refractivity contribution in [2.45, 2.75) is 19.4 Å². The number of carbonyl (C=O) groups is 2. The van der Waals surface area contributed by atoms with E-state index in [9.17, 15) is 9.59 Å². The zero-order valence-electron chi connectivity index (χ0n) is 14.3. The Morgan fingerprint density at radius 2 is 1.76 bits per heavy atom. The summed E-state index contributed by atoms with van der Waals surface area (Å²) in [4.78, 5) is 26.4. The number of methoxy groups -OCH3 is 1. The fourth-order valence-electron chi connectivity index (χ4n) is 3.01. The second-order valence-electron chi connectivity index (χ2n) is 6.21. The number of nitrogens with zero attached hydrogens (tertiary/aromatic N) is 1. The highest BCUT2D eigenvalue weighted by Gasteiger charge is 2.13. The van der Waals surface area contributed by atoms with Gasteiger partial charge in [0.1, 0.15) is 0 Å². The van der Waals surface area contributed by atoms with Gasteiger partial charge in [-0.25, -0.2) is 4.79 Å². The van der Waals surface area contributed by atoms with Crippen LogP contribution in [-0.2, 0) is 11.3 Å². The third-order valence-electron chi connectivity index (χ3n) is 4.36. The fourth-order valence-corrected chi connectivity index (χ4v) is 3.01. The number of hydrogen-bond acceptors (Lipinski definition) is 4. The largest absolute Gasteiger partial charge is 0.465 e. The van der Waals surface area contributed by atoms with Gasteiger partial charge in [-0.3, -0.25) is 9.69 Å². The molecule has 0 unspecified atom stereocenters. The third kappa shape index (κ3) is 4.45. The first-order chi connectivity index (χ1) is 12.2. The monoisotopic (exact) mass is 338 g/mol. The molecule has 1 aliphatic rings. The highest BCUT2D eigenvalue weighted by molar-refractivity contribution is 6.04. The van der Waals surface area contributed by atoms with Crippen molar-refractivity contribution >= 4 is 17.6 Å². The third-order valence-corrected chi connectivity index (χ3v) is 4.36. The number of carbonyl (C=O) groups excluding carboxylic acids is 2. The molecule has 3 rings (SSSR count). The van der Waals surface area contributed by atoms with Gasteiger partial charge in [0.05, 0.1) is 12.7 Å². The Labute approximate surface area is 147 Å². The number of amides is 1. The molecule has 0 bridgehead atoms.